The zero-order valence-corrected chi connectivity index (χ0v) is 24.5. The van der Waals surface area contributed by atoms with Crippen LogP contribution in [0.5, 0.6) is 5.75 Å². The van der Waals surface area contributed by atoms with Gasteiger partial charge in [-0.2, -0.15) is 0 Å². The molecule has 1 amide bonds. The van der Waals surface area contributed by atoms with Gasteiger partial charge >= 0.3 is 5.97 Å². The highest BCUT2D eigenvalue weighted by molar-refractivity contribution is 7.99. The molecule has 0 fully saturated rings. The average Bonchev–Trinajstić information content (AvgIpc) is 3.56. The van der Waals surface area contributed by atoms with Crippen molar-refractivity contribution in [2.45, 2.75) is 45.0 Å². The summed E-state index contributed by atoms with van der Waals surface area (Å²) in [5.41, 5.74) is 3.01. The van der Waals surface area contributed by atoms with E-state index in [-0.39, 0.29) is 17.8 Å². The van der Waals surface area contributed by atoms with Crippen molar-refractivity contribution in [2.24, 2.45) is 0 Å². The summed E-state index contributed by atoms with van der Waals surface area (Å²) in [6.07, 6.45) is 0.641. The molecule has 4 aromatic rings. The molecule has 0 saturated heterocycles. The van der Waals surface area contributed by atoms with Crippen molar-refractivity contribution >= 4 is 51.6 Å². The Labute approximate surface area is 240 Å². The molecule has 11 heteroatoms. The van der Waals surface area contributed by atoms with Crippen molar-refractivity contribution < 1.29 is 19.1 Å². The number of thiophene rings is 1. The standard InChI is InChI=1S/C28H29ClN4O4S2/c1-5-18-7-13-21(14-8-18)37-17(3)25-31-32-28(33(25)6-2)39-16-23(34)30-26-24(27(35)36-4)22(15-38-26)19-9-11-20(29)12-10-19/h7-15,17H,5-6,16H2,1-4H3,(H,30,34). The highest BCUT2D eigenvalue weighted by Crippen LogP contribution is 2.37. The lowest BCUT2D eigenvalue weighted by Crippen LogP contribution is -2.17. The quantitative estimate of drug-likeness (QED) is 0.151. The van der Waals surface area contributed by atoms with E-state index < -0.39 is 5.97 Å². The molecule has 2 heterocycles. The largest absolute Gasteiger partial charge is 0.483 e. The number of nitrogens with zero attached hydrogens (tertiary/aromatic N) is 3. The van der Waals surface area contributed by atoms with Crippen LogP contribution in [0.2, 0.25) is 5.02 Å². The summed E-state index contributed by atoms with van der Waals surface area (Å²) in [6.45, 7) is 6.65. The van der Waals surface area contributed by atoms with E-state index in [1.165, 1.54) is 35.8 Å². The SMILES string of the molecule is CCc1ccc(OC(C)c2nnc(SCC(=O)Nc3scc(-c4ccc(Cl)cc4)c3C(=O)OC)n2CC)cc1. The number of rotatable bonds is 11. The highest BCUT2D eigenvalue weighted by Gasteiger charge is 2.23. The molecule has 0 radical (unpaired) electrons. The number of esters is 1. The number of amides is 1. The fraction of sp³-hybridized carbons (Fsp3) is 0.286. The summed E-state index contributed by atoms with van der Waals surface area (Å²) in [5, 5.41) is 14.9. The molecule has 1 atom stereocenters. The molecule has 0 spiro atoms. The summed E-state index contributed by atoms with van der Waals surface area (Å²) in [5.74, 6) is 0.716. The van der Waals surface area contributed by atoms with Gasteiger partial charge < -0.3 is 19.4 Å². The number of hydrogen-bond donors (Lipinski definition) is 1. The van der Waals surface area contributed by atoms with Gasteiger partial charge in [0.25, 0.3) is 0 Å². The monoisotopic (exact) mass is 584 g/mol. The zero-order chi connectivity index (χ0) is 27.9. The van der Waals surface area contributed by atoms with Crippen LogP contribution in [0.15, 0.2) is 59.1 Å². The van der Waals surface area contributed by atoms with E-state index in [2.05, 4.69) is 22.4 Å². The molecule has 39 heavy (non-hydrogen) atoms. The summed E-state index contributed by atoms with van der Waals surface area (Å²) >= 11 is 8.54. The number of ether oxygens (including phenoxy) is 2. The molecule has 204 valence electrons. The first-order chi connectivity index (χ1) is 18.8. The second-order valence-electron chi connectivity index (χ2n) is 8.53. The van der Waals surface area contributed by atoms with Crippen molar-refractivity contribution in [1.82, 2.24) is 14.8 Å². The molecule has 0 aliphatic carbocycles. The minimum absolute atomic E-state index is 0.0840. The molecule has 0 aliphatic heterocycles. The minimum atomic E-state index is -0.530. The van der Waals surface area contributed by atoms with Crippen molar-refractivity contribution in [3.63, 3.8) is 0 Å². The Morgan fingerprint density at radius 3 is 2.46 bits per heavy atom. The number of thioether (sulfide) groups is 1. The summed E-state index contributed by atoms with van der Waals surface area (Å²) in [6, 6.07) is 15.1. The maximum Gasteiger partial charge on any atom is 0.341 e. The number of carbonyl (C=O) groups is 2. The maximum atomic E-state index is 12.9. The first-order valence-electron chi connectivity index (χ1n) is 12.4. The van der Waals surface area contributed by atoms with E-state index in [4.69, 9.17) is 21.1 Å². The molecule has 0 aliphatic rings. The molecule has 1 unspecified atom stereocenters. The second-order valence-corrected chi connectivity index (χ2v) is 10.8. The van der Waals surface area contributed by atoms with Gasteiger partial charge in [0.15, 0.2) is 17.1 Å². The highest BCUT2D eigenvalue weighted by atomic mass is 35.5. The van der Waals surface area contributed by atoms with Gasteiger partial charge in [-0.1, -0.05) is 54.6 Å². The Hall–Kier alpha value is -3.34. The van der Waals surface area contributed by atoms with Crippen LogP contribution in [-0.2, 0) is 22.5 Å². The Morgan fingerprint density at radius 1 is 1.10 bits per heavy atom. The van der Waals surface area contributed by atoms with Gasteiger partial charge in [0, 0.05) is 22.5 Å². The number of anilines is 1. The molecular formula is C28H29ClN4O4S2. The van der Waals surface area contributed by atoms with Crippen LogP contribution >= 0.6 is 34.7 Å². The van der Waals surface area contributed by atoms with Gasteiger partial charge in [-0.15, -0.1) is 21.5 Å². The summed E-state index contributed by atoms with van der Waals surface area (Å²) in [7, 11) is 1.31. The van der Waals surface area contributed by atoms with E-state index in [1.807, 2.05) is 60.2 Å². The lowest BCUT2D eigenvalue weighted by atomic mass is 10.0. The van der Waals surface area contributed by atoms with E-state index in [1.54, 1.807) is 12.1 Å². The molecule has 2 aromatic carbocycles. The normalized spacial score (nSPS) is 11.7. The first-order valence-corrected chi connectivity index (χ1v) is 14.7. The lowest BCUT2D eigenvalue weighted by molar-refractivity contribution is -0.113. The second kappa shape index (κ2) is 13.1. The van der Waals surface area contributed by atoms with Crippen LogP contribution < -0.4 is 10.1 Å². The predicted molar refractivity (Wildman–Crippen MR) is 156 cm³/mol. The molecule has 0 bridgehead atoms. The van der Waals surface area contributed by atoms with E-state index in [0.29, 0.717) is 38.7 Å². The smallest absolute Gasteiger partial charge is 0.341 e. The number of aryl methyl sites for hydroxylation is 1. The van der Waals surface area contributed by atoms with E-state index in [9.17, 15) is 9.59 Å². The molecule has 4 rings (SSSR count). The zero-order valence-electron chi connectivity index (χ0n) is 22.1. The predicted octanol–water partition coefficient (Wildman–Crippen LogP) is 6.90. The molecule has 1 N–H and O–H groups in total. The van der Waals surface area contributed by atoms with Gasteiger partial charge in [-0.3, -0.25) is 4.79 Å². The first kappa shape index (κ1) is 28.7. The van der Waals surface area contributed by atoms with Crippen molar-refractivity contribution in [1.29, 1.82) is 0 Å². The topological polar surface area (TPSA) is 95.3 Å². The van der Waals surface area contributed by atoms with Crippen LogP contribution in [0.1, 0.15) is 48.6 Å². The van der Waals surface area contributed by atoms with Gasteiger partial charge in [-0.05, 0) is 55.7 Å². The lowest BCUT2D eigenvalue weighted by Gasteiger charge is -2.16. The third-order valence-electron chi connectivity index (χ3n) is 5.99. The number of aromatic nitrogens is 3. The number of benzene rings is 2. The Kier molecular flexibility index (Phi) is 9.66. The number of methoxy groups -OCH3 is 1. The number of halogens is 1. The van der Waals surface area contributed by atoms with Gasteiger partial charge in [0.1, 0.15) is 16.3 Å². The van der Waals surface area contributed by atoms with Crippen LogP contribution in [0.25, 0.3) is 11.1 Å². The number of nitrogens with one attached hydrogen (secondary N) is 1. The van der Waals surface area contributed by atoms with Crippen LogP contribution in [0.4, 0.5) is 5.00 Å². The number of carbonyl (C=O) groups excluding carboxylic acids is 2. The average molecular weight is 585 g/mol. The third kappa shape index (κ3) is 6.81. The molecule has 0 saturated carbocycles. The van der Waals surface area contributed by atoms with Gasteiger partial charge in [-0.25, -0.2) is 4.79 Å². The Bertz CT molecular complexity index is 1440. The maximum absolute atomic E-state index is 12.9. The third-order valence-corrected chi connectivity index (χ3v) is 8.11. The Morgan fingerprint density at radius 2 is 1.82 bits per heavy atom. The van der Waals surface area contributed by atoms with Gasteiger partial charge in [0.05, 0.1) is 12.9 Å². The van der Waals surface area contributed by atoms with E-state index >= 15 is 0 Å². The van der Waals surface area contributed by atoms with Crippen molar-refractivity contribution in [3.8, 4) is 16.9 Å². The summed E-state index contributed by atoms with van der Waals surface area (Å²) < 4.78 is 13.0. The Balaban J connectivity index is 1.44. The molecular weight excluding hydrogens is 556 g/mol. The summed E-state index contributed by atoms with van der Waals surface area (Å²) in [4.78, 5) is 25.5. The fourth-order valence-corrected chi connectivity index (χ4v) is 5.86. The molecule has 8 nitrogen and oxygen atoms in total. The van der Waals surface area contributed by atoms with Crippen LogP contribution in [-0.4, -0.2) is 39.5 Å². The number of hydrogen-bond acceptors (Lipinski definition) is 8. The minimum Gasteiger partial charge on any atom is -0.483 e. The van der Waals surface area contributed by atoms with Crippen LogP contribution in [0.3, 0.4) is 0 Å². The van der Waals surface area contributed by atoms with Gasteiger partial charge in [0.2, 0.25) is 5.91 Å². The van der Waals surface area contributed by atoms with Crippen LogP contribution in [0, 0.1) is 0 Å². The van der Waals surface area contributed by atoms with Crippen molar-refractivity contribution in [2.75, 3.05) is 18.2 Å². The van der Waals surface area contributed by atoms with Crippen molar-refractivity contribution in [3.05, 3.63) is 75.9 Å². The fourth-order valence-electron chi connectivity index (χ4n) is 3.95. The van der Waals surface area contributed by atoms with E-state index in [0.717, 1.165) is 17.7 Å². The molecule has 2 aromatic heterocycles.